The minimum atomic E-state index is -5.07. The summed E-state index contributed by atoms with van der Waals surface area (Å²) in [5.74, 6) is 0.311. The predicted molar refractivity (Wildman–Crippen MR) is 248 cm³/mol. The number of nitrogens with zero attached hydrogens (tertiary/aromatic N) is 12. The fraction of sp³-hybridized carbons (Fsp3) is 0.550. The van der Waals surface area contributed by atoms with Crippen LogP contribution in [-0.4, -0.2) is 95.3 Å². The molecule has 0 saturated carbocycles. The van der Waals surface area contributed by atoms with E-state index in [1.807, 2.05) is 83.1 Å². The van der Waals surface area contributed by atoms with Crippen LogP contribution in [0.1, 0.15) is 153 Å². The minimum Gasteiger partial charge on any atom is -0.743 e. The first-order valence-corrected chi connectivity index (χ1v) is 25.3. The Morgan fingerprint density at radius 2 is 0.523 bits per heavy atom. The molecule has 0 atom stereocenters. The summed E-state index contributed by atoms with van der Waals surface area (Å²) < 4.78 is 84.0. The van der Waals surface area contributed by atoms with Crippen LogP contribution >= 0.6 is 46.4 Å². The van der Waals surface area contributed by atoms with Crippen molar-refractivity contribution in [3.8, 4) is 0 Å². The van der Waals surface area contributed by atoms with Gasteiger partial charge in [0.1, 0.15) is 0 Å². The van der Waals surface area contributed by atoms with Gasteiger partial charge in [-0.25, -0.2) is 44.9 Å². The van der Waals surface area contributed by atoms with Crippen molar-refractivity contribution in [2.75, 3.05) is 10.7 Å². The van der Waals surface area contributed by atoms with Crippen molar-refractivity contribution in [2.45, 2.75) is 129 Å². The third-order valence-electron chi connectivity index (χ3n) is 9.67. The summed E-state index contributed by atoms with van der Waals surface area (Å²) in [5.41, 5.74) is 3.95. The average molecular weight is 1070 g/mol. The summed E-state index contributed by atoms with van der Waals surface area (Å²) in [7, 11) is -10.1. The number of aromatic nitrogens is 12. The molecule has 6 rings (SSSR count). The molecular formula is C40H58Cl4N12NiO6S2. The molecule has 0 aromatic carbocycles. The summed E-state index contributed by atoms with van der Waals surface area (Å²) in [5, 5.41) is 22.3. The van der Waals surface area contributed by atoms with Crippen LogP contribution in [0.4, 0.5) is 0 Å². The van der Waals surface area contributed by atoms with E-state index in [4.69, 9.17) is 46.4 Å². The van der Waals surface area contributed by atoms with Crippen LogP contribution in [0, 0.1) is 0 Å². The van der Waals surface area contributed by atoms with Gasteiger partial charge in [-0.1, -0.05) is 83.1 Å². The fourth-order valence-corrected chi connectivity index (χ4v) is 8.15. The van der Waals surface area contributed by atoms with E-state index in [1.165, 1.54) is 37.2 Å². The predicted octanol–water partition coefficient (Wildman–Crippen LogP) is 8.55. The Bertz CT molecular complexity index is 2190. The van der Waals surface area contributed by atoms with Gasteiger partial charge in [-0.3, -0.25) is 0 Å². The van der Waals surface area contributed by atoms with Crippen molar-refractivity contribution in [1.29, 1.82) is 0 Å². The van der Waals surface area contributed by atoms with Crippen LogP contribution in [0.3, 0.4) is 0 Å². The van der Waals surface area contributed by atoms with Crippen molar-refractivity contribution >= 4 is 66.6 Å². The number of hydrogen-bond acceptors (Lipinski definition) is 12. The maximum absolute atomic E-state index is 12.9. The van der Waals surface area contributed by atoms with Crippen LogP contribution in [0.15, 0.2) is 73.6 Å². The second kappa shape index (κ2) is 24.1. The minimum absolute atomic E-state index is 0. The second-order valence-corrected chi connectivity index (χ2v) is 20.8. The summed E-state index contributed by atoms with van der Waals surface area (Å²) >= 11 is 19.1. The third-order valence-corrected chi connectivity index (χ3v) is 12.1. The first kappa shape index (κ1) is 57.9. The second-order valence-electron chi connectivity index (χ2n) is 16.3. The Morgan fingerprint density at radius 3 is 0.600 bits per heavy atom. The van der Waals surface area contributed by atoms with Gasteiger partial charge < -0.3 is 9.11 Å². The third kappa shape index (κ3) is 12.6. The SMILES string of the molecule is CC(C)c1ccn(C(n2ccc(C(C)C)n2)(n2ccc(C(C)C)n2)S(=O)(=O)[O-])n1.CC(C)c1ccn(C(n2ccc(C(C)C)n2)(n2ccc(C(C)C)n2)S(=O)(=O)[O-])n1.ClCCl.ClCCl.[Ni+2]. The number of rotatable bonds is 14. The van der Waals surface area contributed by atoms with Crippen molar-refractivity contribution in [3.63, 3.8) is 0 Å². The fourth-order valence-electron chi connectivity index (χ4n) is 6.17. The maximum Gasteiger partial charge on any atom is 2.00 e. The van der Waals surface area contributed by atoms with Gasteiger partial charge in [-0.05, 0) is 71.9 Å². The molecule has 0 aliphatic rings. The van der Waals surface area contributed by atoms with Gasteiger partial charge in [0.15, 0.2) is 20.2 Å². The summed E-state index contributed by atoms with van der Waals surface area (Å²) in [6, 6.07) is 10.2. The summed E-state index contributed by atoms with van der Waals surface area (Å²) in [6.45, 7) is 23.3. The van der Waals surface area contributed by atoms with Crippen molar-refractivity contribution in [1.82, 2.24) is 58.7 Å². The zero-order valence-electron chi connectivity index (χ0n) is 38.3. The molecule has 6 aromatic rings. The first-order chi connectivity index (χ1) is 29.8. The Kier molecular flexibility index (Phi) is 21.5. The molecule has 6 aromatic heterocycles. The standard InChI is InChI=1S/2C19H28N6O3S.2CH2Cl2.Ni/c2*1-13(2)16-7-10-23(20-16)19(29(26,27)28,24-11-8-17(21-24)14(3)4)25-12-9-18(22-25)15(5)6;2*2-1-3;/h2*7-15H,1-6H3,(H,26,27,28);2*1H2;/q;;;;+2/p-2. The van der Waals surface area contributed by atoms with Crippen molar-refractivity contribution in [2.24, 2.45) is 0 Å². The van der Waals surface area contributed by atoms with E-state index in [1.54, 1.807) is 36.4 Å². The molecule has 0 N–H and O–H groups in total. The van der Waals surface area contributed by atoms with Gasteiger partial charge in [0.2, 0.25) is 0 Å². The molecule has 364 valence electrons. The average Bonchev–Trinajstić information content (AvgIpc) is 4.05. The molecule has 0 amide bonds. The molecule has 0 aliphatic heterocycles. The Hall–Kier alpha value is -3.27. The van der Waals surface area contributed by atoms with Gasteiger partial charge in [-0.15, -0.1) is 46.4 Å². The van der Waals surface area contributed by atoms with Crippen LogP contribution < -0.4 is 0 Å². The molecule has 0 saturated heterocycles. The number of hydrogen-bond donors (Lipinski definition) is 0. The molecule has 0 fully saturated rings. The van der Waals surface area contributed by atoms with E-state index in [2.05, 4.69) is 30.6 Å². The maximum atomic E-state index is 12.9. The van der Waals surface area contributed by atoms with E-state index in [9.17, 15) is 25.9 Å². The molecule has 0 aliphatic carbocycles. The monoisotopic (exact) mass is 1060 g/mol. The number of alkyl halides is 4. The van der Waals surface area contributed by atoms with Crippen LogP contribution in [0.5, 0.6) is 0 Å². The molecular weight excluding hydrogens is 1010 g/mol. The molecule has 0 spiro atoms. The van der Waals surface area contributed by atoms with E-state index in [0.29, 0.717) is 34.2 Å². The smallest absolute Gasteiger partial charge is 0.743 e. The molecule has 65 heavy (non-hydrogen) atoms. The Labute approximate surface area is 412 Å². The van der Waals surface area contributed by atoms with Crippen molar-refractivity contribution < 1.29 is 42.4 Å². The van der Waals surface area contributed by atoms with Gasteiger partial charge in [-0.2, -0.15) is 30.6 Å². The molecule has 0 radical (unpaired) electrons. The van der Waals surface area contributed by atoms with Crippen LogP contribution in [0.2, 0.25) is 0 Å². The Morgan fingerprint density at radius 1 is 0.400 bits per heavy atom. The van der Waals surface area contributed by atoms with E-state index in [0.717, 1.165) is 28.1 Å². The summed E-state index contributed by atoms with van der Waals surface area (Å²) in [4.78, 5) is 0. The van der Waals surface area contributed by atoms with E-state index < -0.39 is 30.5 Å². The van der Waals surface area contributed by atoms with Gasteiger partial charge in [0, 0.05) is 37.2 Å². The quantitative estimate of drug-likeness (QED) is 0.0569. The molecule has 6 heterocycles. The van der Waals surface area contributed by atoms with Crippen molar-refractivity contribution in [3.05, 3.63) is 108 Å². The molecule has 25 heteroatoms. The largest absolute Gasteiger partial charge is 2.00 e. The van der Waals surface area contributed by atoms with Gasteiger partial charge in [0.05, 0.1) is 44.8 Å². The van der Waals surface area contributed by atoms with E-state index in [-0.39, 0.29) is 62.7 Å². The zero-order valence-corrected chi connectivity index (χ0v) is 43.9. The van der Waals surface area contributed by atoms with Crippen LogP contribution in [0.25, 0.3) is 0 Å². The van der Waals surface area contributed by atoms with Crippen LogP contribution in [-0.2, 0) is 47.0 Å². The molecule has 18 nitrogen and oxygen atoms in total. The molecule has 0 bridgehead atoms. The van der Waals surface area contributed by atoms with E-state index >= 15 is 0 Å². The summed E-state index contributed by atoms with van der Waals surface area (Å²) in [6.07, 6.45) is 8.91. The number of halogens is 4. The zero-order chi connectivity index (χ0) is 48.5. The first-order valence-electron chi connectivity index (χ1n) is 20.3. The molecule has 0 unspecified atom stereocenters. The normalized spacial score (nSPS) is 12.3. The topological polar surface area (TPSA) is 221 Å². The Balaban J connectivity index is 0.000000393. The van der Waals surface area contributed by atoms with Gasteiger partial charge in [0.25, 0.3) is 0 Å². The van der Waals surface area contributed by atoms with Gasteiger partial charge >= 0.3 is 26.7 Å².